The summed E-state index contributed by atoms with van der Waals surface area (Å²) in [4.78, 5) is 10.8. The molecule has 0 bridgehead atoms. The molecule has 0 fully saturated rings. The van der Waals surface area contributed by atoms with Gasteiger partial charge in [-0.15, -0.1) is 0 Å². The lowest BCUT2D eigenvalue weighted by Crippen LogP contribution is -2.10. The van der Waals surface area contributed by atoms with E-state index in [-0.39, 0.29) is 0 Å². The quantitative estimate of drug-likeness (QED) is 0.662. The summed E-state index contributed by atoms with van der Waals surface area (Å²) in [6.45, 7) is 1.32. The van der Waals surface area contributed by atoms with Crippen molar-refractivity contribution in [2.45, 2.75) is 19.1 Å². The summed E-state index contributed by atoms with van der Waals surface area (Å²) < 4.78 is 4.91. The molecule has 104 valence electrons. The van der Waals surface area contributed by atoms with E-state index in [1.165, 1.54) is 6.92 Å². The molecule has 20 heavy (non-hydrogen) atoms. The predicted octanol–water partition coefficient (Wildman–Crippen LogP) is 2.38. The molecule has 0 radical (unpaired) electrons. The molecule has 4 nitrogen and oxygen atoms in total. The van der Waals surface area contributed by atoms with Gasteiger partial charge in [-0.25, -0.2) is 0 Å². The maximum absolute atomic E-state index is 10.8. The zero-order valence-corrected chi connectivity index (χ0v) is 11.1. The third kappa shape index (κ3) is 3.44. The molecule has 0 saturated heterocycles. The summed E-state index contributed by atoms with van der Waals surface area (Å²) in [5, 5.41) is 20.3. The molecule has 0 aliphatic heterocycles. The van der Waals surface area contributed by atoms with Gasteiger partial charge in [-0.05, 0) is 23.3 Å². The van der Waals surface area contributed by atoms with Crippen molar-refractivity contribution in [2.75, 3.05) is 0 Å². The maximum Gasteiger partial charge on any atom is 0.308 e. The summed E-state index contributed by atoms with van der Waals surface area (Å²) in [6, 6.07) is 15.3. The average Bonchev–Trinajstić information content (AvgIpc) is 2.47. The smallest absolute Gasteiger partial charge is 0.308 e. The molecule has 4 heteroatoms. The van der Waals surface area contributed by atoms with Gasteiger partial charge in [0.05, 0.1) is 0 Å². The third-order valence-corrected chi connectivity index (χ3v) is 2.92. The van der Waals surface area contributed by atoms with Gasteiger partial charge in [0, 0.05) is 6.92 Å². The molecule has 2 rings (SSSR count). The number of benzene rings is 2. The van der Waals surface area contributed by atoms with E-state index >= 15 is 0 Å². The molecule has 2 unspecified atom stereocenters. The molecular formula is C16H16O4. The molecule has 0 aliphatic rings. The molecule has 2 atom stereocenters. The van der Waals surface area contributed by atoms with Crippen LogP contribution in [0.2, 0.25) is 0 Å². The molecular weight excluding hydrogens is 256 g/mol. The molecule has 0 amide bonds. The largest absolute Gasteiger partial charge is 0.427 e. The van der Waals surface area contributed by atoms with Crippen molar-refractivity contribution in [1.82, 2.24) is 0 Å². The zero-order valence-electron chi connectivity index (χ0n) is 11.1. The van der Waals surface area contributed by atoms with Crippen LogP contribution in [0.15, 0.2) is 54.6 Å². The molecule has 0 aliphatic carbocycles. The molecule has 0 saturated carbocycles. The Morgan fingerprint density at radius 2 is 1.40 bits per heavy atom. The molecule has 0 spiro atoms. The van der Waals surface area contributed by atoms with Crippen molar-refractivity contribution in [3.63, 3.8) is 0 Å². The van der Waals surface area contributed by atoms with Crippen molar-refractivity contribution in [1.29, 1.82) is 0 Å². The number of ether oxygens (including phenoxy) is 1. The number of carbonyl (C=O) groups excluding carboxylic acids is 1. The number of aliphatic hydroxyl groups excluding tert-OH is 2. The molecule has 0 aromatic heterocycles. The Morgan fingerprint density at radius 1 is 0.900 bits per heavy atom. The van der Waals surface area contributed by atoms with E-state index < -0.39 is 18.2 Å². The Labute approximate surface area is 117 Å². The monoisotopic (exact) mass is 272 g/mol. The average molecular weight is 272 g/mol. The minimum Gasteiger partial charge on any atom is -0.427 e. The first kappa shape index (κ1) is 14.2. The van der Waals surface area contributed by atoms with Crippen molar-refractivity contribution >= 4 is 5.97 Å². The van der Waals surface area contributed by atoms with Gasteiger partial charge in [-0.2, -0.15) is 0 Å². The Balaban J connectivity index is 2.13. The topological polar surface area (TPSA) is 66.8 Å². The van der Waals surface area contributed by atoms with Gasteiger partial charge in [0.1, 0.15) is 18.0 Å². The maximum atomic E-state index is 10.8. The van der Waals surface area contributed by atoms with Crippen LogP contribution < -0.4 is 4.74 Å². The van der Waals surface area contributed by atoms with E-state index in [0.717, 1.165) is 0 Å². The van der Waals surface area contributed by atoms with Gasteiger partial charge < -0.3 is 14.9 Å². The SMILES string of the molecule is CC(=O)Oc1ccc(C(O)C(O)c2ccccc2)cc1. The minimum atomic E-state index is -1.04. The summed E-state index contributed by atoms with van der Waals surface area (Å²) in [5.74, 6) is 0.00488. The van der Waals surface area contributed by atoms with Gasteiger partial charge in [0.15, 0.2) is 0 Å². The van der Waals surface area contributed by atoms with E-state index in [1.807, 2.05) is 6.07 Å². The first-order valence-corrected chi connectivity index (χ1v) is 6.27. The number of esters is 1. The van der Waals surface area contributed by atoms with E-state index in [4.69, 9.17) is 4.74 Å². The predicted molar refractivity (Wildman–Crippen MR) is 74.1 cm³/mol. The van der Waals surface area contributed by atoms with Gasteiger partial charge in [-0.3, -0.25) is 4.79 Å². The summed E-state index contributed by atoms with van der Waals surface area (Å²) in [6.07, 6.45) is -2.04. The lowest BCUT2D eigenvalue weighted by molar-refractivity contribution is -0.131. The van der Waals surface area contributed by atoms with Gasteiger partial charge in [-0.1, -0.05) is 42.5 Å². The second kappa shape index (κ2) is 6.32. The Hall–Kier alpha value is -2.17. The van der Waals surface area contributed by atoms with Gasteiger partial charge >= 0.3 is 5.97 Å². The van der Waals surface area contributed by atoms with Crippen LogP contribution in [0.25, 0.3) is 0 Å². The van der Waals surface area contributed by atoms with E-state index in [9.17, 15) is 15.0 Å². The Morgan fingerprint density at radius 3 is 1.90 bits per heavy atom. The zero-order chi connectivity index (χ0) is 14.5. The lowest BCUT2D eigenvalue weighted by Gasteiger charge is -2.18. The van der Waals surface area contributed by atoms with Crippen LogP contribution in [-0.4, -0.2) is 16.2 Å². The highest BCUT2D eigenvalue weighted by atomic mass is 16.5. The van der Waals surface area contributed by atoms with Crippen LogP contribution in [-0.2, 0) is 4.79 Å². The lowest BCUT2D eigenvalue weighted by atomic mass is 9.98. The number of aliphatic hydroxyl groups is 2. The second-order valence-electron chi connectivity index (χ2n) is 4.46. The van der Waals surface area contributed by atoms with Crippen molar-refractivity contribution in [3.05, 3.63) is 65.7 Å². The summed E-state index contributed by atoms with van der Waals surface area (Å²) in [7, 11) is 0. The number of rotatable bonds is 4. The molecule has 0 heterocycles. The third-order valence-electron chi connectivity index (χ3n) is 2.92. The fraction of sp³-hybridized carbons (Fsp3) is 0.188. The Bertz CT molecular complexity index is 563. The number of carbonyl (C=O) groups is 1. The number of hydrogen-bond donors (Lipinski definition) is 2. The molecule has 2 aromatic rings. The molecule has 2 N–H and O–H groups in total. The van der Waals surface area contributed by atoms with Crippen molar-refractivity contribution in [3.8, 4) is 5.75 Å². The van der Waals surface area contributed by atoms with Crippen LogP contribution >= 0.6 is 0 Å². The fourth-order valence-electron chi connectivity index (χ4n) is 1.91. The van der Waals surface area contributed by atoms with E-state index in [2.05, 4.69) is 0 Å². The number of hydrogen-bond acceptors (Lipinski definition) is 4. The van der Waals surface area contributed by atoms with Gasteiger partial charge in [0.2, 0.25) is 0 Å². The minimum absolute atomic E-state index is 0.400. The van der Waals surface area contributed by atoms with Crippen LogP contribution in [0.5, 0.6) is 5.75 Å². The highest BCUT2D eigenvalue weighted by molar-refractivity contribution is 5.69. The highest BCUT2D eigenvalue weighted by Crippen LogP contribution is 2.29. The standard InChI is InChI=1S/C16H16O4/c1-11(17)20-14-9-7-13(8-10-14)16(19)15(18)12-5-3-2-4-6-12/h2-10,15-16,18-19H,1H3. The van der Waals surface area contributed by atoms with E-state index in [1.54, 1.807) is 48.5 Å². The van der Waals surface area contributed by atoms with Gasteiger partial charge in [0.25, 0.3) is 0 Å². The van der Waals surface area contributed by atoms with E-state index in [0.29, 0.717) is 16.9 Å². The fourth-order valence-corrected chi connectivity index (χ4v) is 1.91. The molecule has 2 aromatic carbocycles. The van der Waals surface area contributed by atoms with Crippen LogP contribution in [0.1, 0.15) is 30.3 Å². The van der Waals surface area contributed by atoms with Crippen LogP contribution in [0.4, 0.5) is 0 Å². The first-order chi connectivity index (χ1) is 9.58. The van der Waals surface area contributed by atoms with Crippen molar-refractivity contribution in [2.24, 2.45) is 0 Å². The summed E-state index contributed by atoms with van der Waals surface area (Å²) >= 11 is 0. The van der Waals surface area contributed by atoms with Crippen molar-refractivity contribution < 1.29 is 19.7 Å². The highest BCUT2D eigenvalue weighted by Gasteiger charge is 2.19. The second-order valence-corrected chi connectivity index (χ2v) is 4.46. The first-order valence-electron chi connectivity index (χ1n) is 6.27. The van der Waals surface area contributed by atoms with Crippen LogP contribution in [0, 0.1) is 0 Å². The Kier molecular flexibility index (Phi) is 4.50. The normalized spacial score (nSPS) is 13.6. The van der Waals surface area contributed by atoms with Crippen LogP contribution in [0.3, 0.4) is 0 Å². The summed E-state index contributed by atoms with van der Waals surface area (Å²) in [5.41, 5.74) is 1.20.